The quantitative estimate of drug-likeness (QED) is 0.941. The van der Waals surface area contributed by atoms with Crippen molar-refractivity contribution in [1.82, 2.24) is 4.90 Å². The van der Waals surface area contributed by atoms with Gasteiger partial charge in [-0.25, -0.2) is 8.78 Å². The first-order valence-electron chi connectivity index (χ1n) is 6.49. The standard InChI is InChI=1S/C16H16F2N2O/c1-20(10-12-4-2-11(9-19)3-5-12)16(21)14-8-13(17)6-7-15(14)18/h2-8H,9-10,19H2,1H3. The molecule has 0 spiro atoms. The maximum Gasteiger partial charge on any atom is 0.256 e. The van der Waals surface area contributed by atoms with Crippen LogP contribution in [-0.4, -0.2) is 17.9 Å². The third-order valence-corrected chi connectivity index (χ3v) is 3.18. The fourth-order valence-electron chi connectivity index (χ4n) is 1.99. The van der Waals surface area contributed by atoms with Crippen LogP contribution in [0.2, 0.25) is 0 Å². The van der Waals surface area contributed by atoms with E-state index in [1.165, 1.54) is 4.90 Å². The summed E-state index contributed by atoms with van der Waals surface area (Å²) >= 11 is 0. The molecule has 1 amide bonds. The molecular formula is C16H16F2N2O. The van der Waals surface area contributed by atoms with Crippen molar-refractivity contribution in [2.24, 2.45) is 5.73 Å². The topological polar surface area (TPSA) is 46.3 Å². The molecule has 0 saturated carbocycles. The molecule has 2 aromatic rings. The number of amides is 1. The summed E-state index contributed by atoms with van der Waals surface area (Å²) in [7, 11) is 1.55. The lowest BCUT2D eigenvalue weighted by Crippen LogP contribution is -2.27. The van der Waals surface area contributed by atoms with E-state index in [4.69, 9.17) is 5.73 Å². The lowest BCUT2D eigenvalue weighted by atomic mass is 10.1. The summed E-state index contributed by atoms with van der Waals surface area (Å²) in [5, 5.41) is 0. The number of nitrogens with two attached hydrogens (primary N) is 1. The third kappa shape index (κ3) is 3.64. The van der Waals surface area contributed by atoms with Gasteiger partial charge in [0.15, 0.2) is 0 Å². The Balaban J connectivity index is 2.13. The Kier molecular flexibility index (Phi) is 4.65. The van der Waals surface area contributed by atoms with Crippen molar-refractivity contribution in [1.29, 1.82) is 0 Å². The summed E-state index contributed by atoms with van der Waals surface area (Å²) in [6.07, 6.45) is 0. The molecule has 2 rings (SSSR count). The molecule has 5 heteroatoms. The van der Waals surface area contributed by atoms with E-state index in [2.05, 4.69) is 0 Å². The SMILES string of the molecule is CN(Cc1ccc(CN)cc1)C(=O)c1cc(F)ccc1F. The fourth-order valence-corrected chi connectivity index (χ4v) is 1.99. The van der Waals surface area contributed by atoms with Crippen molar-refractivity contribution in [2.75, 3.05) is 7.05 Å². The zero-order valence-electron chi connectivity index (χ0n) is 11.6. The first-order valence-corrected chi connectivity index (χ1v) is 6.49. The van der Waals surface area contributed by atoms with Crippen LogP contribution in [0.1, 0.15) is 21.5 Å². The van der Waals surface area contributed by atoms with Crippen molar-refractivity contribution in [2.45, 2.75) is 13.1 Å². The Labute approximate surface area is 122 Å². The molecular weight excluding hydrogens is 274 g/mol. The number of benzene rings is 2. The van der Waals surface area contributed by atoms with Crippen LogP contribution in [0.5, 0.6) is 0 Å². The average molecular weight is 290 g/mol. The molecule has 2 N–H and O–H groups in total. The van der Waals surface area contributed by atoms with Crippen LogP contribution in [0.25, 0.3) is 0 Å². The van der Waals surface area contributed by atoms with Crippen molar-refractivity contribution < 1.29 is 13.6 Å². The number of halogens is 2. The lowest BCUT2D eigenvalue weighted by molar-refractivity contribution is 0.0780. The maximum atomic E-state index is 13.6. The van der Waals surface area contributed by atoms with E-state index in [0.29, 0.717) is 13.1 Å². The van der Waals surface area contributed by atoms with Gasteiger partial charge in [0.25, 0.3) is 5.91 Å². The van der Waals surface area contributed by atoms with Gasteiger partial charge in [-0.3, -0.25) is 4.79 Å². The van der Waals surface area contributed by atoms with Crippen LogP contribution >= 0.6 is 0 Å². The average Bonchev–Trinajstić information content (AvgIpc) is 2.49. The van der Waals surface area contributed by atoms with Crippen molar-refractivity contribution in [3.63, 3.8) is 0 Å². The molecule has 0 bridgehead atoms. The molecule has 0 aliphatic heterocycles. The zero-order valence-corrected chi connectivity index (χ0v) is 11.6. The molecule has 2 aromatic carbocycles. The highest BCUT2D eigenvalue weighted by molar-refractivity contribution is 5.94. The van der Waals surface area contributed by atoms with Gasteiger partial charge in [-0.15, -0.1) is 0 Å². The van der Waals surface area contributed by atoms with Gasteiger partial charge in [-0.05, 0) is 29.3 Å². The van der Waals surface area contributed by atoms with E-state index in [-0.39, 0.29) is 5.56 Å². The van der Waals surface area contributed by atoms with Crippen LogP contribution in [0, 0.1) is 11.6 Å². The van der Waals surface area contributed by atoms with E-state index in [1.54, 1.807) is 7.05 Å². The van der Waals surface area contributed by atoms with Crippen LogP contribution in [0.15, 0.2) is 42.5 Å². The number of hydrogen-bond acceptors (Lipinski definition) is 2. The van der Waals surface area contributed by atoms with E-state index < -0.39 is 17.5 Å². The number of rotatable bonds is 4. The molecule has 110 valence electrons. The summed E-state index contributed by atoms with van der Waals surface area (Å²) in [6, 6.07) is 10.3. The Hall–Kier alpha value is -2.27. The summed E-state index contributed by atoms with van der Waals surface area (Å²) in [5.41, 5.74) is 7.13. The zero-order chi connectivity index (χ0) is 15.4. The summed E-state index contributed by atoms with van der Waals surface area (Å²) in [5.74, 6) is -1.93. The van der Waals surface area contributed by atoms with Gasteiger partial charge >= 0.3 is 0 Å². The molecule has 0 radical (unpaired) electrons. The van der Waals surface area contributed by atoms with Crippen molar-refractivity contribution >= 4 is 5.91 Å². The Morgan fingerprint density at radius 2 is 1.71 bits per heavy atom. The first-order chi connectivity index (χ1) is 10.0. The van der Waals surface area contributed by atoms with Gasteiger partial charge in [-0.1, -0.05) is 24.3 Å². The lowest BCUT2D eigenvalue weighted by Gasteiger charge is -2.18. The van der Waals surface area contributed by atoms with Crippen LogP contribution < -0.4 is 5.73 Å². The van der Waals surface area contributed by atoms with Gasteiger partial charge < -0.3 is 10.6 Å². The Morgan fingerprint density at radius 1 is 1.10 bits per heavy atom. The number of carbonyl (C=O) groups is 1. The Bertz CT molecular complexity index is 641. The van der Waals surface area contributed by atoms with Crippen LogP contribution in [-0.2, 0) is 13.1 Å². The van der Waals surface area contributed by atoms with E-state index in [0.717, 1.165) is 29.3 Å². The minimum atomic E-state index is -0.730. The maximum absolute atomic E-state index is 13.6. The minimum Gasteiger partial charge on any atom is -0.337 e. The highest BCUT2D eigenvalue weighted by Gasteiger charge is 2.17. The second-order valence-electron chi connectivity index (χ2n) is 4.81. The first kappa shape index (κ1) is 15.1. The van der Waals surface area contributed by atoms with E-state index in [9.17, 15) is 13.6 Å². The van der Waals surface area contributed by atoms with E-state index >= 15 is 0 Å². The predicted octanol–water partition coefficient (Wildman–Crippen LogP) is 2.70. The summed E-state index contributed by atoms with van der Waals surface area (Å²) in [4.78, 5) is 13.5. The highest BCUT2D eigenvalue weighted by atomic mass is 19.1. The number of carbonyl (C=O) groups excluding carboxylic acids is 1. The number of nitrogens with zero attached hydrogens (tertiary/aromatic N) is 1. The molecule has 0 heterocycles. The summed E-state index contributed by atoms with van der Waals surface area (Å²) in [6.45, 7) is 0.753. The molecule has 0 saturated heterocycles. The second kappa shape index (κ2) is 6.45. The van der Waals surface area contributed by atoms with E-state index in [1.807, 2.05) is 24.3 Å². The predicted molar refractivity (Wildman–Crippen MR) is 76.5 cm³/mol. The second-order valence-corrected chi connectivity index (χ2v) is 4.81. The van der Waals surface area contributed by atoms with Gasteiger partial charge in [0.1, 0.15) is 11.6 Å². The van der Waals surface area contributed by atoms with Crippen molar-refractivity contribution in [3.05, 3.63) is 70.8 Å². The van der Waals surface area contributed by atoms with Crippen LogP contribution in [0.4, 0.5) is 8.78 Å². The molecule has 0 unspecified atom stereocenters. The highest BCUT2D eigenvalue weighted by Crippen LogP contribution is 2.14. The van der Waals surface area contributed by atoms with Gasteiger partial charge in [-0.2, -0.15) is 0 Å². The molecule has 0 fully saturated rings. The van der Waals surface area contributed by atoms with Gasteiger partial charge in [0, 0.05) is 20.1 Å². The molecule has 21 heavy (non-hydrogen) atoms. The third-order valence-electron chi connectivity index (χ3n) is 3.18. The van der Waals surface area contributed by atoms with Crippen molar-refractivity contribution in [3.8, 4) is 0 Å². The smallest absolute Gasteiger partial charge is 0.256 e. The molecule has 0 aliphatic rings. The largest absolute Gasteiger partial charge is 0.337 e. The summed E-state index contributed by atoms with van der Waals surface area (Å²) < 4.78 is 26.7. The molecule has 3 nitrogen and oxygen atoms in total. The Morgan fingerprint density at radius 3 is 2.33 bits per heavy atom. The normalized spacial score (nSPS) is 10.5. The fraction of sp³-hybridized carbons (Fsp3) is 0.188. The molecule has 0 aliphatic carbocycles. The monoisotopic (exact) mass is 290 g/mol. The van der Waals surface area contributed by atoms with Crippen LogP contribution in [0.3, 0.4) is 0 Å². The molecule has 0 aromatic heterocycles. The van der Waals surface area contributed by atoms with Gasteiger partial charge in [0.05, 0.1) is 5.56 Å². The minimum absolute atomic E-state index is 0.268. The molecule has 0 atom stereocenters. The van der Waals surface area contributed by atoms with Gasteiger partial charge in [0.2, 0.25) is 0 Å². The number of hydrogen-bond donors (Lipinski definition) is 1.